The molecule has 2 atom stereocenters. The molecular weight excluding hydrogens is 360 g/mol. The van der Waals surface area contributed by atoms with Crippen LogP contribution in [-0.2, 0) is 9.53 Å². The standard InChI is InChI=1S/C21H20N2O5/c24-20(22-19(13-28-21(22)25)15-5-2-1-3-6-15)12-18(14-9-10-14)16-7-4-8-17(11-16)23(26)27/h1-8,11,14,18-19H,9-10,12-13H2/t18-,19?/m0/s1. The lowest BCUT2D eigenvalue weighted by molar-refractivity contribution is -0.384. The summed E-state index contributed by atoms with van der Waals surface area (Å²) >= 11 is 0. The third-order valence-corrected chi connectivity index (χ3v) is 5.42. The van der Waals surface area contributed by atoms with E-state index in [1.165, 1.54) is 17.0 Å². The third-order valence-electron chi connectivity index (χ3n) is 5.42. The Labute approximate surface area is 162 Å². The van der Waals surface area contributed by atoms with Gasteiger partial charge in [0.15, 0.2) is 0 Å². The zero-order valence-electron chi connectivity index (χ0n) is 15.2. The molecule has 0 aromatic heterocycles. The highest BCUT2D eigenvalue weighted by Gasteiger charge is 2.42. The van der Waals surface area contributed by atoms with E-state index in [1.807, 2.05) is 36.4 Å². The van der Waals surface area contributed by atoms with Crippen LogP contribution in [0.15, 0.2) is 54.6 Å². The number of rotatable bonds is 6. The Balaban J connectivity index is 1.57. The molecule has 2 aromatic carbocycles. The molecule has 2 amide bonds. The highest BCUT2D eigenvalue weighted by molar-refractivity contribution is 5.94. The van der Waals surface area contributed by atoms with Crippen LogP contribution in [0.2, 0.25) is 0 Å². The van der Waals surface area contributed by atoms with Crippen LogP contribution in [0.3, 0.4) is 0 Å². The van der Waals surface area contributed by atoms with Gasteiger partial charge in [-0.25, -0.2) is 9.69 Å². The van der Waals surface area contributed by atoms with Crippen molar-refractivity contribution < 1.29 is 19.2 Å². The predicted molar refractivity (Wildman–Crippen MR) is 101 cm³/mol. The molecule has 0 bridgehead atoms. The summed E-state index contributed by atoms with van der Waals surface area (Å²) in [6, 6.07) is 15.3. The Morgan fingerprint density at radius 3 is 2.61 bits per heavy atom. The van der Waals surface area contributed by atoms with Crippen LogP contribution in [0.5, 0.6) is 0 Å². The van der Waals surface area contributed by atoms with E-state index in [1.54, 1.807) is 6.07 Å². The molecule has 0 radical (unpaired) electrons. The molecule has 7 heteroatoms. The monoisotopic (exact) mass is 380 g/mol. The van der Waals surface area contributed by atoms with E-state index in [0.717, 1.165) is 24.0 Å². The molecule has 4 rings (SSSR count). The molecular formula is C21H20N2O5. The van der Waals surface area contributed by atoms with Gasteiger partial charge in [-0.2, -0.15) is 0 Å². The Hall–Kier alpha value is -3.22. The smallest absolute Gasteiger partial charge is 0.417 e. The van der Waals surface area contributed by atoms with Gasteiger partial charge >= 0.3 is 6.09 Å². The number of nitro groups is 1. The molecule has 1 heterocycles. The first-order valence-electron chi connectivity index (χ1n) is 9.32. The maximum absolute atomic E-state index is 13.1. The largest absolute Gasteiger partial charge is 0.446 e. The highest BCUT2D eigenvalue weighted by atomic mass is 16.6. The topological polar surface area (TPSA) is 89.8 Å². The van der Waals surface area contributed by atoms with E-state index in [9.17, 15) is 19.7 Å². The molecule has 1 saturated heterocycles. The summed E-state index contributed by atoms with van der Waals surface area (Å²) in [6.45, 7) is 0.138. The molecule has 1 saturated carbocycles. The number of nitro benzene ring substituents is 1. The highest BCUT2D eigenvalue weighted by Crippen LogP contribution is 2.45. The van der Waals surface area contributed by atoms with Gasteiger partial charge < -0.3 is 4.74 Å². The molecule has 1 aliphatic carbocycles. The Morgan fingerprint density at radius 2 is 1.93 bits per heavy atom. The molecule has 1 aliphatic heterocycles. The van der Waals surface area contributed by atoms with Crippen molar-refractivity contribution in [1.82, 2.24) is 4.90 Å². The van der Waals surface area contributed by atoms with Gasteiger partial charge in [-0.05, 0) is 35.8 Å². The van der Waals surface area contributed by atoms with Crippen LogP contribution in [0.4, 0.5) is 10.5 Å². The maximum atomic E-state index is 13.1. The van der Waals surface area contributed by atoms with Crippen molar-refractivity contribution in [1.29, 1.82) is 0 Å². The number of cyclic esters (lactones) is 1. The molecule has 2 fully saturated rings. The van der Waals surface area contributed by atoms with Crippen molar-refractivity contribution in [2.75, 3.05) is 6.61 Å². The van der Waals surface area contributed by atoms with E-state index >= 15 is 0 Å². The second-order valence-electron chi connectivity index (χ2n) is 7.27. The van der Waals surface area contributed by atoms with Gasteiger partial charge in [0, 0.05) is 18.6 Å². The van der Waals surface area contributed by atoms with Crippen molar-refractivity contribution in [3.05, 3.63) is 75.8 Å². The van der Waals surface area contributed by atoms with Crippen LogP contribution >= 0.6 is 0 Å². The molecule has 28 heavy (non-hydrogen) atoms. The van der Waals surface area contributed by atoms with Crippen molar-refractivity contribution in [3.8, 4) is 0 Å². The SMILES string of the molecule is O=C(C[C@H](c1cccc([N+](=O)[O-])c1)C1CC1)N1C(=O)OCC1c1ccccc1. The molecule has 2 aliphatic rings. The Bertz CT molecular complexity index is 910. The summed E-state index contributed by atoms with van der Waals surface area (Å²) in [4.78, 5) is 37.2. The second kappa shape index (κ2) is 7.42. The normalized spacial score (nSPS) is 19.9. The second-order valence-corrected chi connectivity index (χ2v) is 7.27. The van der Waals surface area contributed by atoms with Crippen molar-refractivity contribution in [3.63, 3.8) is 0 Å². The van der Waals surface area contributed by atoms with Gasteiger partial charge in [0.25, 0.3) is 5.69 Å². The number of non-ortho nitro benzene ring substituents is 1. The van der Waals surface area contributed by atoms with Gasteiger partial charge in [-0.15, -0.1) is 0 Å². The lowest BCUT2D eigenvalue weighted by Gasteiger charge is -2.23. The summed E-state index contributed by atoms with van der Waals surface area (Å²) in [7, 11) is 0. The summed E-state index contributed by atoms with van der Waals surface area (Å²) < 4.78 is 5.14. The van der Waals surface area contributed by atoms with Crippen LogP contribution in [-0.4, -0.2) is 28.4 Å². The Morgan fingerprint density at radius 1 is 1.18 bits per heavy atom. The van der Waals surface area contributed by atoms with Crippen LogP contribution in [0.1, 0.15) is 42.3 Å². The number of carbonyl (C=O) groups excluding carboxylic acids is 2. The lowest BCUT2D eigenvalue weighted by Crippen LogP contribution is -2.35. The fourth-order valence-electron chi connectivity index (χ4n) is 3.83. The van der Waals surface area contributed by atoms with Gasteiger partial charge in [0.05, 0.1) is 4.92 Å². The number of ether oxygens (including phenoxy) is 1. The van der Waals surface area contributed by atoms with E-state index < -0.39 is 17.1 Å². The zero-order valence-corrected chi connectivity index (χ0v) is 15.2. The van der Waals surface area contributed by atoms with Crippen LogP contribution < -0.4 is 0 Å². The molecule has 0 N–H and O–H groups in total. The minimum absolute atomic E-state index is 0.0124. The Kier molecular flexibility index (Phi) is 4.81. The quantitative estimate of drug-likeness (QED) is 0.553. The number of hydrogen-bond acceptors (Lipinski definition) is 5. The van der Waals surface area contributed by atoms with Crippen molar-refractivity contribution in [2.24, 2.45) is 5.92 Å². The van der Waals surface area contributed by atoms with Gasteiger partial charge in [-0.1, -0.05) is 42.5 Å². The number of amides is 2. The van der Waals surface area contributed by atoms with E-state index in [4.69, 9.17) is 4.74 Å². The average Bonchev–Trinajstić information content (AvgIpc) is 3.48. The first kappa shape index (κ1) is 18.2. The first-order valence-corrected chi connectivity index (χ1v) is 9.32. The minimum Gasteiger partial charge on any atom is -0.446 e. The summed E-state index contributed by atoms with van der Waals surface area (Å²) in [5.74, 6) is -0.142. The fourth-order valence-corrected chi connectivity index (χ4v) is 3.83. The van der Waals surface area contributed by atoms with Crippen LogP contribution in [0, 0.1) is 16.0 Å². The van der Waals surface area contributed by atoms with Gasteiger partial charge in [0.1, 0.15) is 12.6 Å². The fraction of sp³-hybridized carbons (Fsp3) is 0.333. The number of carbonyl (C=O) groups is 2. The van der Waals surface area contributed by atoms with Crippen molar-refractivity contribution in [2.45, 2.75) is 31.2 Å². The number of imide groups is 1. The van der Waals surface area contributed by atoms with Gasteiger partial charge in [0.2, 0.25) is 5.91 Å². The van der Waals surface area contributed by atoms with Gasteiger partial charge in [-0.3, -0.25) is 14.9 Å². The zero-order chi connectivity index (χ0) is 19.7. The maximum Gasteiger partial charge on any atom is 0.417 e. The van der Waals surface area contributed by atoms with E-state index in [2.05, 4.69) is 0 Å². The summed E-state index contributed by atoms with van der Waals surface area (Å²) in [5.41, 5.74) is 1.63. The average molecular weight is 380 g/mol. The van der Waals surface area contributed by atoms with E-state index in [-0.39, 0.29) is 30.5 Å². The van der Waals surface area contributed by atoms with E-state index in [0.29, 0.717) is 5.92 Å². The molecule has 1 unspecified atom stereocenters. The number of hydrogen-bond donors (Lipinski definition) is 0. The molecule has 144 valence electrons. The predicted octanol–water partition coefficient (Wildman–Crippen LogP) is 4.20. The summed E-state index contributed by atoms with van der Waals surface area (Å²) in [6.07, 6.45) is 1.46. The number of benzene rings is 2. The third kappa shape index (κ3) is 3.60. The minimum atomic E-state index is -0.632. The molecule has 0 spiro atoms. The lowest BCUT2D eigenvalue weighted by atomic mass is 9.90. The van der Waals surface area contributed by atoms with Crippen molar-refractivity contribution >= 4 is 17.7 Å². The van der Waals surface area contributed by atoms with Crippen LogP contribution in [0.25, 0.3) is 0 Å². The number of nitrogens with zero attached hydrogens (tertiary/aromatic N) is 2. The molecule has 7 nitrogen and oxygen atoms in total. The summed E-state index contributed by atoms with van der Waals surface area (Å²) in [5, 5.41) is 11.1. The first-order chi connectivity index (χ1) is 13.5. The molecule has 2 aromatic rings.